The van der Waals surface area contributed by atoms with E-state index in [-0.39, 0.29) is 16.8 Å². The molecule has 1 heterocycles. The number of hydrogen-bond acceptors (Lipinski definition) is 5. The van der Waals surface area contributed by atoms with Crippen LogP contribution in [0.5, 0.6) is 0 Å². The quantitative estimate of drug-likeness (QED) is 0.870. The van der Waals surface area contributed by atoms with Crippen molar-refractivity contribution in [3.8, 4) is 18.2 Å². The normalized spacial score (nSPS) is 23.8. The molecule has 142 valence electrons. The zero-order valence-corrected chi connectivity index (χ0v) is 15.4. The van der Waals surface area contributed by atoms with Crippen molar-refractivity contribution in [3.63, 3.8) is 0 Å². The van der Waals surface area contributed by atoms with Crippen LogP contribution < -0.4 is 5.73 Å². The van der Waals surface area contributed by atoms with Crippen LogP contribution >= 0.6 is 0 Å². The minimum absolute atomic E-state index is 0.0720. The van der Waals surface area contributed by atoms with E-state index in [2.05, 4.69) is 4.90 Å². The highest BCUT2D eigenvalue weighted by atomic mass is 19.2. The molecule has 3 rings (SSSR count). The number of nitrogens with zero attached hydrogens (tertiary/aromatic N) is 4. The highest BCUT2D eigenvalue weighted by Gasteiger charge is 2.55. The molecule has 0 aromatic heterocycles. The molecular weight excluding hydrogens is 360 g/mol. The van der Waals surface area contributed by atoms with Gasteiger partial charge in [0.2, 0.25) is 0 Å². The molecule has 0 fully saturated rings. The molecule has 0 saturated heterocycles. The Morgan fingerprint density at radius 2 is 1.96 bits per heavy atom. The largest absolute Gasteiger partial charge is 0.399 e. The van der Waals surface area contributed by atoms with E-state index in [1.54, 1.807) is 0 Å². The standard InChI is InChI=1S/C21H19F2N5/c1-2-7-28-8-6-13-15(9-24)20(27)21(11-25,12-26)18(16(13)10-28)14-4-3-5-17(22)19(14)23/h3-6,16,18H,2,7-8,10,27H2,1H3/t16-,18+/m0/s1. The summed E-state index contributed by atoms with van der Waals surface area (Å²) in [5.41, 5.74) is 4.61. The molecule has 1 aliphatic heterocycles. The Kier molecular flexibility index (Phi) is 5.18. The second-order valence-corrected chi connectivity index (χ2v) is 7.08. The molecule has 0 spiro atoms. The Labute approximate surface area is 162 Å². The molecule has 1 aliphatic carbocycles. The summed E-state index contributed by atoms with van der Waals surface area (Å²) in [5.74, 6) is -3.70. The second kappa shape index (κ2) is 7.43. The number of halogens is 2. The van der Waals surface area contributed by atoms with Gasteiger partial charge in [-0.25, -0.2) is 8.78 Å². The lowest BCUT2D eigenvalue weighted by Gasteiger charge is -2.45. The smallest absolute Gasteiger partial charge is 0.191 e. The van der Waals surface area contributed by atoms with E-state index in [9.17, 15) is 24.6 Å². The first-order valence-electron chi connectivity index (χ1n) is 9.04. The van der Waals surface area contributed by atoms with E-state index in [4.69, 9.17) is 5.73 Å². The van der Waals surface area contributed by atoms with Crippen molar-refractivity contribution in [2.75, 3.05) is 19.6 Å². The fourth-order valence-corrected chi connectivity index (χ4v) is 4.34. The van der Waals surface area contributed by atoms with Gasteiger partial charge in [-0.05, 0) is 30.2 Å². The third kappa shape index (κ3) is 2.74. The van der Waals surface area contributed by atoms with Crippen LogP contribution in [-0.2, 0) is 0 Å². The molecule has 0 unspecified atom stereocenters. The molecule has 2 aliphatic rings. The van der Waals surface area contributed by atoms with Crippen LogP contribution in [0.4, 0.5) is 8.78 Å². The fourth-order valence-electron chi connectivity index (χ4n) is 4.34. The summed E-state index contributed by atoms with van der Waals surface area (Å²) < 4.78 is 28.8. The molecule has 0 bridgehead atoms. The molecule has 5 nitrogen and oxygen atoms in total. The molecular formula is C21H19F2N5. The average molecular weight is 379 g/mol. The van der Waals surface area contributed by atoms with E-state index in [1.807, 2.05) is 31.2 Å². The van der Waals surface area contributed by atoms with Crippen molar-refractivity contribution in [2.24, 2.45) is 17.1 Å². The lowest BCUT2D eigenvalue weighted by atomic mass is 9.58. The monoisotopic (exact) mass is 379 g/mol. The summed E-state index contributed by atoms with van der Waals surface area (Å²) in [6.07, 6.45) is 2.73. The van der Waals surface area contributed by atoms with Crippen LogP contribution in [0.3, 0.4) is 0 Å². The van der Waals surface area contributed by atoms with Gasteiger partial charge in [0, 0.05) is 24.9 Å². The molecule has 1 aromatic carbocycles. The number of hydrogen-bond donors (Lipinski definition) is 1. The maximum absolute atomic E-state index is 14.8. The van der Waals surface area contributed by atoms with Gasteiger partial charge in [0.25, 0.3) is 0 Å². The predicted octanol–water partition coefficient (Wildman–Crippen LogP) is 3.10. The topological polar surface area (TPSA) is 101 Å². The minimum atomic E-state index is -1.96. The van der Waals surface area contributed by atoms with Crippen LogP contribution in [0.15, 0.2) is 41.1 Å². The number of fused-ring (bicyclic) bond motifs is 1. The van der Waals surface area contributed by atoms with Crippen LogP contribution in [-0.4, -0.2) is 24.5 Å². The van der Waals surface area contributed by atoms with Crippen LogP contribution in [0.25, 0.3) is 0 Å². The van der Waals surface area contributed by atoms with Crippen LogP contribution in [0.2, 0.25) is 0 Å². The van der Waals surface area contributed by atoms with Crippen molar-refractivity contribution in [1.82, 2.24) is 4.90 Å². The number of nitriles is 3. The molecule has 1 aromatic rings. The summed E-state index contributed by atoms with van der Waals surface area (Å²) in [6, 6.07) is 9.59. The minimum Gasteiger partial charge on any atom is -0.399 e. The zero-order valence-electron chi connectivity index (χ0n) is 15.4. The summed E-state index contributed by atoms with van der Waals surface area (Å²) in [7, 11) is 0. The van der Waals surface area contributed by atoms with Crippen molar-refractivity contribution in [2.45, 2.75) is 19.3 Å². The first-order valence-corrected chi connectivity index (χ1v) is 9.04. The van der Waals surface area contributed by atoms with Gasteiger partial charge in [-0.2, -0.15) is 15.8 Å². The van der Waals surface area contributed by atoms with Gasteiger partial charge in [0.05, 0.1) is 23.4 Å². The van der Waals surface area contributed by atoms with Gasteiger partial charge in [0.15, 0.2) is 17.0 Å². The first-order chi connectivity index (χ1) is 13.4. The van der Waals surface area contributed by atoms with Gasteiger partial charge in [-0.1, -0.05) is 25.1 Å². The summed E-state index contributed by atoms with van der Waals surface area (Å²) in [5, 5.41) is 29.5. The van der Waals surface area contributed by atoms with Gasteiger partial charge in [-0.15, -0.1) is 0 Å². The Hall–Kier alpha value is -3.21. The van der Waals surface area contributed by atoms with Crippen molar-refractivity contribution < 1.29 is 8.78 Å². The maximum Gasteiger partial charge on any atom is 0.191 e. The van der Waals surface area contributed by atoms with Crippen LogP contribution in [0, 0.1) is 57.0 Å². The Bertz CT molecular complexity index is 976. The molecule has 0 saturated carbocycles. The number of rotatable bonds is 3. The van der Waals surface area contributed by atoms with Crippen molar-refractivity contribution >= 4 is 0 Å². The summed E-state index contributed by atoms with van der Waals surface area (Å²) in [4.78, 5) is 2.11. The zero-order chi connectivity index (χ0) is 20.5. The third-order valence-electron chi connectivity index (χ3n) is 5.60. The molecule has 0 amide bonds. The van der Waals surface area contributed by atoms with Gasteiger partial charge >= 0.3 is 0 Å². The van der Waals surface area contributed by atoms with E-state index in [0.29, 0.717) is 18.7 Å². The molecule has 2 atom stereocenters. The molecule has 0 radical (unpaired) electrons. The number of allylic oxidation sites excluding steroid dienone is 2. The number of nitrogens with two attached hydrogens (primary N) is 1. The molecule has 7 heteroatoms. The van der Waals surface area contributed by atoms with Crippen molar-refractivity contribution in [1.29, 1.82) is 15.8 Å². The van der Waals surface area contributed by atoms with Gasteiger partial charge in [-0.3, -0.25) is 4.90 Å². The van der Waals surface area contributed by atoms with E-state index in [0.717, 1.165) is 19.0 Å². The van der Waals surface area contributed by atoms with Gasteiger partial charge < -0.3 is 5.73 Å². The fraction of sp³-hybridized carbons (Fsp3) is 0.381. The Morgan fingerprint density at radius 3 is 2.57 bits per heavy atom. The maximum atomic E-state index is 14.8. The van der Waals surface area contributed by atoms with E-state index in [1.165, 1.54) is 12.1 Å². The average Bonchev–Trinajstić information content (AvgIpc) is 2.70. The van der Waals surface area contributed by atoms with E-state index < -0.39 is 28.9 Å². The van der Waals surface area contributed by atoms with Crippen molar-refractivity contribution in [3.05, 3.63) is 58.3 Å². The highest BCUT2D eigenvalue weighted by molar-refractivity contribution is 5.59. The van der Waals surface area contributed by atoms with Gasteiger partial charge in [0.1, 0.15) is 6.07 Å². The van der Waals surface area contributed by atoms with Crippen LogP contribution in [0.1, 0.15) is 24.8 Å². The highest BCUT2D eigenvalue weighted by Crippen LogP contribution is 2.54. The second-order valence-electron chi connectivity index (χ2n) is 7.08. The Balaban J connectivity index is 2.32. The SMILES string of the molecule is CCCN1CC=C2C(C#N)=C(N)C(C#N)(C#N)[C@H](c3cccc(F)c3F)[C@H]2C1. The lowest BCUT2D eigenvalue weighted by molar-refractivity contribution is 0.204. The third-order valence-corrected chi connectivity index (χ3v) is 5.60. The lowest BCUT2D eigenvalue weighted by Crippen LogP contribution is -2.48. The summed E-state index contributed by atoms with van der Waals surface area (Å²) in [6.45, 7) is 3.80. The Morgan fingerprint density at radius 1 is 1.25 bits per heavy atom. The predicted molar refractivity (Wildman–Crippen MR) is 97.9 cm³/mol. The summed E-state index contributed by atoms with van der Waals surface area (Å²) >= 11 is 0. The molecule has 2 N–H and O–H groups in total. The molecule has 28 heavy (non-hydrogen) atoms. The number of benzene rings is 1. The first kappa shape index (κ1) is 19.5. The van der Waals surface area contributed by atoms with E-state index >= 15 is 0 Å².